The summed E-state index contributed by atoms with van der Waals surface area (Å²) in [6.45, 7) is 4.91. The lowest BCUT2D eigenvalue weighted by Crippen LogP contribution is -2.32. The number of nitrogens with zero attached hydrogens (tertiary/aromatic N) is 4. The van der Waals surface area contributed by atoms with Gasteiger partial charge in [-0.05, 0) is 49.2 Å². The fraction of sp³-hybridized carbons (Fsp3) is 0.280. The molecule has 0 bridgehead atoms. The van der Waals surface area contributed by atoms with Gasteiger partial charge in [-0.25, -0.2) is 4.98 Å². The van der Waals surface area contributed by atoms with Gasteiger partial charge in [0.2, 0.25) is 5.88 Å². The molecule has 2 aromatic heterocycles. The smallest absolute Gasteiger partial charge is 0.255 e. The van der Waals surface area contributed by atoms with Gasteiger partial charge in [0.05, 0.1) is 21.2 Å². The molecule has 0 spiro atoms. The number of ether oxygens (including phenoxy) is 1. The van der Waals surface area contributed by atoms with Gasteiger partial charge < -0.3 is 9.64 Å². The van der Waals surface area contributed by atoms with Gasteiger partial charge in [-0.3, -0.25) is 9.78 Å². The summed E-state index contributed by atoms with van der Waals surface area (Å²) < 4.78 is 6.13. The minimum Gasteiger partial charge on any atom is -0.474 e. The molecule has 1 amide bonds. The maximum absolute atomic E-state index is 13.2. The normalized spacial score (nSPS) is 18.6. The van der Waals surface area contributed by atoms with E-state index >= 15 is 0 Å². The predicted octanol–water partition coefficient (Wildman–Crippen LogP) is 5.29. The summed E-state index contributed by atoms with van der Waals surface area (Å²) in [4.78, 5) is 23.5. The number of amides is 1. The first kappa shape index (κ1) is 23.0. The number of rotatable bonds is 5. The number of carbonyl (C=O) groups excluding carboxylic acids is 1. The molecule has 0 aliphatic carbocycles. The highest BCUT2D eigenvalue weighted by Gasteiger charge is 2.40. The van der Waals surface area contributed by atoms with E-state index < -0.39 is 0 Å². The Balaban J connectivity index is 1.61. The van der Waals surface area contributed by atoms with Crippen LogP contribution in [-0.4, -0.2) is 40.0 Å². The summed E-state index contributed by atoms with van der Waals surface area (Å²) in [5, 5.41) is 9.95. The van der Waals surface area contributed by atoms with Crippen molar-refractivity contribution in [3.8, 4) is 11.9 Å². The Morgan fingerprint density at radius 1 is 1.15 bits per heavy atom. The van der Waals surface area contributed by atoms with Crippen molar-refractivity contribution in [3.63, 3.8) is 0 Å². The number of likely N-dealkylation sites (tertiary alicyclic amines) is 1. The van der Waals surface area contributed by atoms with E-state index in [0.29, 0.717) is 40.1 Å². The molecule has 33 heavy (non-hydrogen) atoms. The van der Waals surface area contributed by atoms with E-state index in [4.69, 9.17) is 33.2 Å². The van der Waals surface area contributed by atoms with Crippen molar-refractivity contribution in [2.24, 2.45) is 5.92 Å². The number of halogens is 2. The van der Waals surface area contributed by atoms with Gasteiger partial charge in [-0.15, -0.1) is 0 Å². The zero-order valence-corrected chi connectivity index (χ0v) is 19.7. The van der Waals surface area contributed by atoms with Crippen molar-refractivity contribution in [3.05, 3.63) is 87.3 Å². The van der Waals surface area contributed by atoms with Gasteiger partial charge in [-0.2, -0.15) is 5.26 Å². The maximum atomic E-state index is 13.2. The van der Waals surface area contributed by atoms with E-state index in [0.717, 1.165) is 11.1 Å². The third-order valence-electron chi connectivity index (χ3n) is 5.92. The Morgan fingerprint density at radius 2 is 1.97 bits per heavy atom. The second-order valence-electron chi connectivity index (χ2n) is 8.22. The molecule has 0 N–H and O–H groups in total. The van der Waals surface area contributed by atoms with Gasteiger partial charge in [-0.1, -0.05) is 29.3 Å². The lowest BCUT2D eigenvalue weighted by molar-refractivity contribution is 0.0769. The molecule has 1 saturated heterocycles. The Labute approximate surface area is 202 Å². The van der Waals surface area contributed by atoms with Gasteiger partial charge in [0, 0.05) is 49.6 Å². The van der Waals surface area contributed by atoms with Crippen molar-refractivity contribution in [1.82, 2.24) is 14.9 Å². The number of nitriles is 1. The molecule has 3 aromatic rings. The number of carbonyl (C=O) groups is 1. The highest BCUT2D eigenvalue weighted by molar-refractivity contribution is 6.42. The molecule has 4 rings (SSSR count). The van der Waals surface area contributed by atoms with Crippen molar-refractivity contribution in [2.75, 3.05) is 13.1 Å². The Bertz CT molecular complexity index is 1210. The number of benzene rings is 1. The molecule has 3 unspecified atom stereocenters. The molecule has 0 saturated carbocycles. The summed E-state index contributed by atoms with van der Waals surface area (Å²) in [5.41, 5.74) is 2.95. The van der Waals surface area contributed by atoms with Crippen molar-refractivity contribution < 1.29 is 9.53 Å². The molecule has 0 radical (unpaired) electrons. The molecule has 3 heterocycles. The molecule has 1 aliphatic rings. The molecule has 3 atom stereocenters. The Kier molecular flexibility index (Phi) is 6.83. The van der Waals surface area contributed by atoms with Crippen LogP contribution in [0.15, 0.2) is 55.0 Å². The number of hydrogen-bond acceptors (Lipinski definition) is 5. The second kappa shape index (κ2) is 9.78. The Hall–Kier alpha value is -3.14. The zero-order chi connectivity index (χ0) is 23.5. The molecule has 8 heteroatoms. The molecular weight excluding hydrogens is 459 g/mol. The summed E-state index contributed by atoms with van der Waals surface area (Å²) in [5.74, 6) is 0.348. The first-order valence-electron chi connectivity index (χ1n) is 10.5. The van der Waals surface area contributed by atoms with Crippen LogP contribution < -0.4 is 4.74 Å². The van der Waals surface area contributed by atoms with Crippen LogP contribution in [0.4, 0.5) is 0 Å². The van der Waals surface area contributed by atoms with Crippen LogP contribution in [0.2, 0.25) is 10.0 Å². The van der Waals surface area contributed by atoms with Crippen molar-refractivity contribution >= 4 is 29.1 Å². The maximum Gasteiger partial charge on any atom is 0.255 e. The molecule has 6 nitrogen and oxygen atoms in total. The van der Waals surface area contributed by atoms with Crippen LogP contribution in [0.3, 0.4) is 0 Å². The number of hydrogen-bond donors (Lipinski definition) is 0. The van der Waals surface area contributed by atoms with E-state index in [2.05, 4.69) is 9.97 Å². The predicted molar refractivity (Wildman–Crippen MR) is 127 cm³/mol. The SMILES string of the molecule is Cc1cncc(C(=O)N2CC(c3ccc(Cl)c(Cl)c3)C(C(C)Oc3ccc(C#N)cn3)C2)c1. The second-order valence-corrected chi connectivity index (χ2v) is 9.04. The fourth-order valence-corrected chi connectivity index (χ4v) is 4.52. The average molecular weight is 481 g/mol. The standard InChI is InChI=1S/C25H22Cl2N4O2/c1-15-7-19(12-29-10-15)25(32)31-13-20(16(2)33-24-6-3-17(9-28)11-30-24)21(14-31)18-4-5-22(26)23(27)8-18/h3-8,10-12,16,20-21H,13-14H2,1-2H3. The van der Waals surface area contributed by atoms with E-state index in [1.54, 1.807) is 30.6 Å². The fourth-order valence-electron chi connectivity index (χ4n) is 4.21. The molecular formula is C25H22Cl2N4O2. The van der Waals surface area contributed by atoms with Crippen LogP contribution in [0, 0.1) is 24.2 Å². The van der Waals surface area contributed by atoms with Crippen LogP contribution >= 0.6 is 23.2 Å². The van der Waals surface area contributed by atoms with Crippen molar-refractivity contribution in [2.45, 2.75) is 25.9 Å². The highest BCUT2D eigenvalue weighted by atomic mass is 35.5. The molecule has 1 aliphatic heterocycles. The summed E-state index contributed by atoms with van der Waals surface area (Å²) in [6, 6.07) is 12.8. The lowest BCUT2D eigenvalue weighted by Gasteiger charge is -2.25. The summed E-state index contributed by atoms with van der Waals surface area (Å²) in [6.07, 6.45) is 4.55. The summed E-state index contributed by atoms with van der Waals surface area (Å²) >= 11 is 12.4. The zero-order valence-electron chi connectivity index (χ0n) is 18.2. The first-order chi connectivity index (χ1) is 15.9. The molecule has 1 fully saturated rings. The minimum absolute atomic E-state index is 0.00475. The Morgan fingerprint density at radius 3 is 2.64 bits per heavy atom. The first-order valence-corrected chi connectivity index (χ1v) is 11.3. The van der Waals surface area contributed by atoms with E-state index in [1.165, 1.54) is 6.20 Å². The summed E-state index contributed by atoms with van der Waals surface area (Å²) in [7, 11) is 0. The van der Waals surface area contributed by atoms with E-state index in [9.17, 15) is 4.79 Å². The largest absolute Gasteiger partial charge is 0.474 e. The van der Waals surface area contributed by atoms with Crippen LogP contribution in [0.1, 0.15) is 39.9 Å². The topological polar surface area (TPSA) is 79.1 Å². The van der Waals surface area contributed by atoms with Gasteiger partial charge in [0.15, 0.2) is 0 Å². The number of pyridine rings is 2. The monoisotopic (exact) mass is 480 g/mol. The van der Waals surface area contributed by atoms with Gasteiger partial charge in [0.25, 0.3) is 5.91 Å². The van der Waals surface area contributed by atoms with Crippen LogP contribution in [0.25, 0.3) is 0 Å². The van der Waals surface area contributed by atoms with E-state index in [-0.39, 0.29) is 23.8 Å². The minimum atomic E-state index is -0.252. The third-order valence-corrected chi connectivity index (χ3v) is 6.66. The van der Waals surface area contributed by atoms with Crippen LogP contribution in [0.5, 0.6) is 5.88 Å². The third kappa shape index (κ3) is 5.11. The van der Waals surface area contributed by atoms with Crippen molar-refractivity contribution in [1.29, 1.82) is 5.26 Å². The highest BCUT2D eigenvalue weighted by Crippen LogP contribution is 2.38. The number of aromatic nitrogens is 2. The molecule has 168 valence electrons. The molecule has 1 aromatic carbocycles. The average Bonchev–Trinajstić information content (AvgIpc) is 3.26. The van der Waals surface area contributed by atoms with Gasteiger partial charge in [0.1, 0.15) is 12.2 Å². The number of aryl methyl sites for hydroxylation is 1. The van der Waals surface area contributed by atoms with Gasteiger partial charge >= 0.3 is 0 Å². The van der Waals surface area contributed by atoms with E-state index in [1.807, 2.05) is 43.0 Å². The quantitative estimate of drug-likeness (QED) is 0.495. The lowest BCUT2D eigenvalue weighted by atomic mass is 9.86. The van der Waals surface area contributed by atoms with Crippen LogP contribution in [-0.2, 0) is 0 Å².